The minimum atomic E-state index is -4.78. The first-order chi connectivity index (χ1) is 13.6. The molecule has 0 fully saturated rings. The van der Waals surface area contributed by atoms with Crippen molar-refractivity contribution in [3.8, 4) is 16.9 Å². The fourth-order valence-electron chi connectivity index (χ4n) is 2.90. The number of amides is 2. The Morgan fingerprint density at radius 1 is 1.17 bits per heavy atom. The molecule has 3 rings (SSSR count). The second-order valence-electron chi connectivity index (χ2n) is 6.45. The molecule has 0 saturated carbocycles. The first-order valence-electron chi connectivity index (χ1n) is 8.55. The maximum Gasteiger partial charge on any atom is 0.573 e. The van der Waals surface area contributed by atoms with Gasteiger partial charge < -0.3 is 20.1 Å². The summed E-state index contributed by atoms with van der Waals surface area (Å²) < 4.78 is 41.2. The molecule has 2 aromatic rings. The van der Waals surface area contributed by atoms with Crippen LogP contribution in [0.1, 0.15) is 5.56 Å². The molecule has 0 aliphatic carbocycles. The summed E-state index contributed by atoms with van der Waals surface area (Å²) in [6.45, 7) is 0.128. The van der Waals surface area contributed by atoms with Gasteiger partial charge in [-0.25, -0.2) is 0 Å². The van der Waals surface area contributed by atoms with Crippen molar-refractivity contribution in [2.24, 2.45) is 0 Å². The third-order valence-electron chi connectivity index (χ3n) is 4.29. The number of ether oxygens (including phenoxy) is 1. The van der Waals surface area contributed by atoms with Gasteiger partial charge >= 0.3 is 6.36 Å². The van der Waals surface area contributed by atoms with E-state index in [4.69, 9.17) is 0 Å². The molecule has 0 aromatic heterocycles. The van der Waals surface area contributed by atoms with Crippen LogP contribution in [0.2, 0.25) is 0 Å². The number of likely N-dealkylation sites (N-methyl/N-ethyl adjacent to an activating group) is 1. The Morgan fingerprint density at radius 2 is 1.83 bits per heavy atom. The van der Waals surface area contributed by atoms with Gasteiger partial charge in [-0.15, -0.1) is 13.2 Å². The summed E-state index contributed by atoms with van der Waals surface area (Å²) in [5, 5.41) is 12.4. The molecule has 1 aliphatic heterocycles. The minimum absolute atomic E-state index is 0.00865. The number of rotatable bonds is 5. The van der Waals surface area contributed by atoms with E-state index in [0.717, 1.165) is 0 Å². The Hall–Kier alpha value is -3.49. The number of aliphatic hydroxyl groups excluding tert-OH is 1. The zero-order valence-corrected chi connectivity index (χ0v) is 15.3. The molecule has 2 amide bonds. The second kappa shape index (κ2) is 7.86. The summed E-state index contributed by atoms with van der Waals surface area (Å²) in [6, 6.07) is 12.5. The number of carbonyl (C=O) groups is 2. The zero-order valence-electron chi connectivity index (χ0n) is 15.3. The summed E-state index contributed by atoms with van der Waals surface area (Å²) in [5.74, 6) is -2.07. The lowest BCUT2D eigenvalue weighted by Crippen LogP contribution is -2.27. The lowest BCUT2D eigenvalue weighted by molar-refractivity contribution is -0.274. The Morgan fingerprint density at radius 3 is 2.45 bits per heavy atom. The summed E-state index contributed by atoms with van der Waals surface area (Å²) in [5.41, 5.74) is 1.84. The van der Waals surface area contributed by atoms with Crippen molar-refractivity contribution in [2.45, 2.75) is 12.9 Å². The smallest absolute Gasteiger partial charge is 0.503 e. The van der Waals surface area contributed by atoms with Gasteiger partial charge in [-0.05, 0) is 34.9 Å². The second-order valence-corrected chi connectivity index (χ2v) is 6.45. The van der Waals surface area contributed by atoms with Crippen molar-refractivity contribution < 1.29 is 32.6 Å². The number of alkyl halides is 3. The number of hydrogen-bond donors (Lipinski definition) is 2. The van der Waals surface area contributed by atoms with E-state index < -0.39 is 23.9 Å². The Kier molecular flexibility index (Phi) is 5.49. The summed E-state index contributed by atoms with van der Waals surface area (Å²) in [4.78, 5) is 25.0. The van der Waals surface area contributed by atoms with Crippen LogP contribution in [0.3, 0.4) is 0 Å². The average molecular weight is 406 g/mol. The Balaban J connectivity index is 1.71. The van der Waals surface area contributed by atoms with E-state index in [9.17, 15) is 27.9 Å². The number of benzene rings is 2. The van der Waals surface area contributed by atoms with Crippen molar-refractivity contribution in [3.05, 3.63) is 65.4 Å². The number of halogens is 3. The van der Waals surface area contributed by atoms with Gasteiger partial charge in [0.2, 0.25) is 0 Å². The molecule has 2 aromatic carbocycles. The molecule has 9 heteroatoms. The molecule has 0 unspecified atom stereocenters. The van der Waals surface area contributed by atoms with Gasteiger partial charge in [0.05, 0.1) is 12.1 Å². The normalized spacial score (nSPS) is 14.3. The van der Waals surface area contributed by atoms with Gasteiger partial charge in [0, 0.05) is 13.6 Å². The SMILES string of the molecule is CN1CC(C(=O)NCc2cccc(-c3cccc(OC(F)(F)F)c3)c2)=C(O)C1=O. The van der Waals surface area contributed by atoms with Crippen molar-refractivity contribution in [1.82, 2.24) is 10.2 Å². The highest BCUT2D eigenvalue weighted by Crippen LogP contribution is 2.28. The van der Waals surface area contributed by atoms with Gasteiger partial charge in [0.1, 0.15) is 5.75 Å². The van der Waals surface area contributed by atoms with Crippen LogP contribution in [-0.2, 0) is 16.1 Å². The maximum absolute atomic E-state index is 12.4. The van der Waals surface area contributed by atoms with E-state index in [1.807, 2.05) is 0 Å². The highest BCUT2D eigenvalue weighted by molar-refractivity contribution is 6.06. The largest absolute Gasteiger partial charge is 0.573 e. The lowest BCUT2D eigenvalue weighted by atomic mass is 10.0. The van der Waals surface area contributed by atoms with E-state index in [0.29, 0.717) is 16.7 Å². The van der Waals surface area contributed by atoms with E-state index in [1.54, 1.807) is 30.3 Å². The van der Waals surface area contributed by atoms with Gasteiger partial charge in [-0.1, -0.05) is 30.3 Å². The van der Waals surface area contributed by atoms with Crippen LogP contribution in [0.15, 0.2) is 59.9 Å². The fraction of sp³-hybridized carbons (Fsp3) is 0.200. The number of carbonyl (C=O) groups excluding carboxylic acids is 2. The highest BCUT2D eigenvalue weighted by Gasteiger charge is 2.32. The first-order valence-corrected chi connectivity index (χ1v) is 8.55. The van der Waals surface area contributed by atoms with E-state index in [2.05, 4.69) is 10.1 Å². The molecule has 0 atom stereocenters. The molecule has 0 spiro atoms. The quantitative estimate of drug-likeness (QED) is 0.800. The molecule has 0 bridgehead atoms. The number of nitrogens with one attached hydrogen (secondary N) is 1. The number of aliphatic hydroxyl groups is 1. The molecule has 1 heterocycles. The molecular weight excluding hydrogens is 389 g/mol. The van der Waals surface area contributed by atoms with Crippen molar-refractivity contribution >= 4 is 11.8 Å². The lowest BCUT2D eigenvalue weighted by Gasteiger charge is -2.11. The first kappa shape index (κ1) is 20.2. The van der Waals surface area contributed by atoms with Crippen LogP contribution in [0.4, 0.5) is 13.2 Å². The molecule has 1 aliphatic rings. The highest BCUT2D eigenvalue weighted by atomic mass is 19.4. The predicted molar refractivity (Wildman–Crippen MR) is 97.7 cm³/mol. The summed E-state index contributed by atoms with van der Waals surface area (Å²) >= 11 is 0. The average Bonchev–Trinajstić information content (AvgIpc) is 2.93. The Labute approximate surface area is 164 Å². The Bertz CT molecular complexity index is 986. The standard InChI is InChI=1S/C20H17F3N2O4/c1-25-11-16(17(26)19(25)28)18(27)24-10-12-4-2-5-13(8-12)14-6-3-7-15(9-14)29-20(21,22)23/h2-9,26H,10-11H2,1H3,(H,24,27). The van der Waals surface area contributed by atoms with Crippen LogP contribution < -0.4 is 10.1 Å². The topological polar surface area (TPSA) is 78.9 Å². The summed E-state index contributed by atoms with van der Waals surface area (Å²) in [6.07, 6.45) is -4.78. The molecule has 0 radical (unpaired) electrons. The van der Waals surface area contributed by atoms with Crippen LogP contribution in [0, 0.1) is 0 Å². The van der Waals surface area contributed by atoms with Crippen LogP contribution in [-0.4, -0.2) is 41.8 Å². The van der Waals surface area contributed by atoms with Crippen molar-refractivity contribution in [2.75, 3.05) is 13.6 Å². The van der Waals surface area contributed by atoms with E-state index in [-0.39, 0.29) is 24.4 Å². The van der Waals surface area contributed by atoms with Gasteiger partial charge in [-0.2, -0.15) is 0 Å². The van der Waals surface area contributed by atoms with Gasteiger partial charge in [-0.3, -0.25) is 9.59 Å². The third-order valence-corrected chi connectivity index (χ3v) is 4.29. The fourth-order valence-corrected chi connectivity index (χ4v) is 2.90. The minimum Gasteiger partial charge on any atom is -0.503 e. The van der Waals surface area contributed by atoms with Gasteiger partial charge in [0.15, 0.2) is 5.76 Å². The molecule has 6 nitrogen and oxygen atoms in total. The van der Waals surface area contributed by atoms with E-state index >= 15 is 0 Å². The van der Waals surface area contributed by atoms with Crippen LogP contribution >= 0.6 is 0 Å². The van der Waals surface area contributed by atoms with Gasteiger partial charge in [0.25, 0.3) is 11.8 Å². The molecule has 152 valence electrons. The number of nitrogens with zero attached hydrogens (tertiary/aromatic N) is 1. The van der Waals surface area contributed by atoms with Crippen LogP contribution in [0.25, 0.3) is 11.1 Å². The van der Waals surface area contributed by atoms with Crippen LogP contribution in [0.5, 0.6) is 5.75 Å². The van der Waals surface area contributed by atoms with Crippen molar-refractivity contribution in [1.29, 1.82) is 0 Å². The van der Waals surface area contributed by atoms with Crippen molar-refractivity contribution in [3.63, 3.8) is 0 Å². The van der Waals surface area contributed by atoms with E-state index in [1.165, 1.54) is 30.1 Å². The number of hydrogen-bond acceptors (Lipinski definition) is 4. The monoisotopic (exact) mass is 406 g/mol. The maximum atomic E-state index is 12.4. The molecule has 0 saturated heterocycles. The summed E-state index contributed by atoms with van der Waals surface area (Å²) in [7, 11) is 1.47. The molecule has 2 N–H and O–H groups in total. The predicted octanol–water partition coefficient (Wildman–Crippen LogP) is 3.15. The molecule has 29 heavy (non-hydrogen) atoms. The third kappa shape index (κ3) is 4.87. The molecular formula is C20H17F3N2O4. The zero-order chi connectivity index (χ0) is 21.2.